The number of nitrogens with one attached hydrogen (secondary N) is 1. The van der Waals surface area contributed by atoms with Crippen LogP contribution < -0.4 is 10.1 Å². The molecular weight excluding hydrogens is 266 g/mol. The Kier molecular flexibility index (Phi) is 5.21. The summed E-state index contributed by atoms with van der Waals surface area (Å²) in [6, 6.07) is 11.0. The fourth-order valence-electron chi connectivity index (χ4n) is 2.42. The first-order valence-corrected chi connectivity index (χ1v) is 7.85. The zero-order chi connectivity index (χ0) is 14.5. The van der Waals surface area contributed by atoms with Gasteiger partial charge in [0, 0.05) is 15.8 Å². The van der Waals surface area contributed by atoms with Gasteiger partial charge in [0.15, 0.2) is 0 Å². The predicted molar refractivity (Wildman–Crippen MR) is 86.9 cm³/mol. The summed E-state index contributed by atoms with van der Waals surface area (Å²) >= 11 is 1.88. The molecule has 0 radical (unpaired) electrons. The third kappa shape index (κ3) is 3.84. The van der Waals surface area contributed by atoms with Crippen LogP contribution in [0, 0.1) is 13.8 Å². The molecule has 0 aliphatic heterocycles. The lowest BCUT2D eigenvalue weighted by Gasteiger charge is -2.14. The van der Waals surface area contributed by atoms with Crippen molar-refractivity contribution in [3.63, 3.8) is 0 Å². The zero-order valence-corrected chi connectivity index (χ0v) is 13.5. The molecule has 0 aliphatic carbocycles. The van der Waals surface area contributed by atoms with Crippen molar-refractivity contribution < 1.29 is 4.74 Å². The summed E-state index contributed by atoms with van der Waals surface area (Å²) in [5.41, 5.74) is 2.77. The van der Waals surface area contributed by atoms with Gasteiger partial charge >= 0.3 is 0 Å². The number of rotatable bonds is 6. The Balaban J connectivity index is 1.84. The summed E-state index contributed by atoms with van der Waals surface area (Å²) < 4.78 is 5.17. The summed E-state index contributed by atoms with van der Waals surface area (Å²) in [6.07, 6.45) is 1.04. The minimum Gasteiger partial charge on any atom is -0.497 e. The molecule has 1 aromatic heterocycles. The van der Waals surface area contributed by atoms with Crippen molar-refractivity contribution in [1.29, 1.82) is 0 Å². The van der Waals surface area contributed by atoms with Crippen LogP contribution in [0.15, 0.2) is 30.3 Å². The van der Waals surface area contributed by atoms with Gasteiger partial charge in [0.1, 0.15) is 5.75 Å². The first kappa shape index (κ1) is 15.1. The fraction of sp³-hybridized carbons (Fsp3) is 0.412. The molecule has 1 N–H and O–H groups in total. The molecule has 0 saturated carbocycles. The summed E-state index contributed by atoms with van der Waals surface area (Å²) in [7, 11) is 1.70. The molecule has 108 valence electrons. The average molecular weight is 289 g/mol. The van der Waals surface area contributed by atoms with E-state index in [9.17, 15) is 0 Å². The molecule has 1 atom stereocenters. The number of hydrogen-bond acceptors (Lipinski definition) is 3. The van der Waals surface area contributed by atoms with E-state index in [1.165, 1.54) is 20.9 Å². The summed E-state index contributed by atoms with van der Waals surface area (Å²) in [5, 5.41) is 3.61. The van der Waals surface area contributed by atoms with E-state index in [0.29, 0.717) is 6.04 Å². The highest BCUT2D eigenvalue weighted by Crippen LogP contribution is 2.26. The third-order valence-corrected chi connectivity index (χ3v) is 4.55. The van der Waals surface area contributed by atoms with Crippen molar-refractivity contribution in [2.75, 3.05) is 13.7 Å². The minimum absolute atomic E-state index is 0.415. The second-order valence-electron chi connectivity index (χ2n) is 5.14. The van der Waals surface area contributed by atoms with Gasteiger partial charge in [0.2, 0.25) is 0 Å². The number of hydrogen-bond donors (Lipinski definition) is 1. The lowest BCUT2D eigenvalue weighted by atomic mass is 10.1. The largest absolute Gasteiger partial charge is 0.497 e. The third-order valence-electron chi connectivity index (χ3n) is 3.57. The van der Waals surface area contributed by atoms with Crippen LogP contribution >= 0.6 is 11.3 Å². The van der Waals surface area contributed by atoms with Gasteiger partial charge in [-0.3, -0.25) is 0 Å². The van der Waals surface area contributed by atoms with Crippen molar-refractivity contribution in [1.82, 2.24) is 5.32 Å². The normalized spacial score (nSPS) is 12.4. The Morgan fingerprint density at radius 2 is 1.90 bits per heavy atom. The van der Waals surface area contributed by atoms with Crippen molar-refractivity contribution in [3.8, 4) is 5.75 Å². The molecular formula is C17H23NOS. The summed E-state index contributed by atoms with van der Waals surface area (Å²) in [4.78, 5) is 2.81. The van der Waals surface area contributed by atoms with E-state index >= 15 is 0 Å². The Morgan fingerprint density at radius 1 is 1.20 bits per heavy atom. The van der Waals surface area contributed by atoms with Gasteiger partial charge in [-0.05, 0) is 63.1 Å². The van der Waals surface area contributed by atoms with Crippen LogP contribution in [0.25, 0.3) is 0 Å². The molecule has 1 aromatic carbocycles. The van der Waals surface area contributed by atoms with E-state index in [2.05, 4.69) is 44.3 Å². The van der Waals surface area contributed by atoms with Crippen LogP contribution in [0.4, 0.5) is 0 Å². The van der Waals surface area contributed by atoms with Gasteiger partial charge in [0.05, 0.1) is 7.11 Å². The Labute approximate surface area is 125 Å². The average Bonchev–Trinajstić information content (AvgIpc) is 2.78. The van der Waals surface area contributed by atoms with Crippen LogP contribution in [0.5, 0.6) is 5.75 Å². The number of benzene rings is 1. The maximum absolute atomic E-state index is 5.17. The fourth-order valence-corrected chi connectivity index (χ4v) is 3.44. The van der Waals surface area contributed by atoms with Crippen LogP contribution in [0.2, 0.25) is 0 Å². The van der Waals surface area contributed by atoms with E-state index < -0.39 is 0 Å². The van der Waals surface area contributed by atoms with E-state index in [4.69, 9.17) is 4.74 Å². The first-order chi connectivity index (χ1) is 9.60. The molecule has 0 bridgehead atoms. The van der Waals surface area contributed by atoms with Crippen LogP contribution in [0.3, 0.4) is 0 Å². The lowest BCUT2D eigenvalue weighted by molar-refractivity contribution is 0.414. The van der Waals surface area contributed by atoms with E-state index in [1.54, 1.807) is 7.11 Å². The smallest absolute Gasteiger partial charge is 0.118 e. The first-order valence-electron chi connectivity index (χ1n) is 7.03. The summed E-state index contributed by atoms with van der Waals surface area (Å²) in [5.74, 6) is 0.916. The van der Waals surface area contributed by atoms with Crippen molar-refractivity contribution in [2.24, 2.45) is 0 Å². The molecule has 1 unspecified atom stereocenters. The quantitative estimate of drug-likeness (QED) is 0.857. The predicted octanol–water partition coefficient (Wildman–Crippen LogP) is 4.27. The molecule has 0 amide bonds. The highest BCUT2D eigenvalue weighted by molar-refractivity contribution is 7.12. The zero-order valence-electron chi connectivity index (χ0n) is 12.7. The van der Waals surface area contributed by atoms with Crippen molar-refractivity contribution >= 4 is 11.3 Å². The molecule has 2 rings (SSSR count). The Morgan fingerprint density at radius 3 is 2.45 bits per heavy atom. The highest BCUT2D eigenvalue weighted by atomic mass is 32.1. The van der Waals surface area contributed by atoms with Crippen LogP contribution in [-0.4, -0.2) is 13.7 Å². The second-order valence-corrected chi connectivity index (χ2v) is 6.60. The molecule has 2 nitrogen and oxygen atoms in total. The Bertz CT molecular complexity index is 545. The molecule has 20 heavy (non-hydrogen) atoms. The van der Waals surface area contributed by atoms with Gasteiger partial charge in [-0.25, -0.2) is 0 Å². The molecule has 0 spiro atoms. The number of methoxy groups -OCH3 is 1. The van der Waals surface area contributed by atoms with Crippen LogP contribution in [-0.2, 0) is 6.42 Å². The van der Waals surface area contributed by atoms with E-state index in [1.807, 2.05) is 23.5 Å². The van der Waals surface area contributed by atoms with E-state index in [0.717, 1.165) is 18.7 Å². The van der Waals surface area contributed by atoms with Crippen LogP contribution in [0.1, 0.15) is 33.8 Å². The topological polar surface area (TPSA) is 21.3 Å². The molecule has 0 saturated heterocycles. The van der Waals surface area contributed by atoms with E-state index in [-0.39, 0.29) is 0 Å². The lowest BCUT2D eigenvalue weighted by Crippen LogP contribution is -2.21. The summed E-state index contributed by atoms with van der Waals surface area (Å²) in [6.45, 7) is 7.60. The molecule has 3 heteroatoms. The Hall–Kier alpha value is -1.32. The maximum atomic E-state index is 5.17. The molecule has 0 aliphatic rings. The second kappa shape index (κ2) is 6.91. The maximum Gasteiger partial charge on any atom is 0.118 e. The minimum atomic E-state index is 0.415. The highest BCUT2D eigenvalue weighted by Gasteiger charge is 2.10. The SMILES string of the molecule is COc1ccc(CCNC(C)c2cc(C)sc2C)cc1. The number of aryl methyl sites for hydroxylation is 2. The number of ether oxygens (including phenoxy) is 1. The van der Waals surface area contributed by atoms with Gasteiger partial charge < -0.3 is 10.1 Å². The van der Waals surface area contributed by atoms with Crippen molar-refractivity contribution in [2.45, 2.75) is 33.2 Å². The molecule has 0 fully saturated rings. The molecule has 2 aromatic rings. The monoisotopic (exact) mass is 289 g/mol. The van der Waals surface area contributed by atoms with Crippen molar-refractivity contribution in [3.05, 3.63) is 51.2 Å². The van der Waals surface area contributed by atoms with Gasteiger partial charge in [-0.2, -0.15) is 0 Å². The van der Waals surface area contributed by atoms with Gasteiger partial charge in [-0.1, -0.05) is 12.1 Å². The van der Waals surface area contributed by atoms with Gasteiger partial charge in [-0.15, -0.1) is 11.3 Å². The van der Waals surface area contributed by atoms with Gasteiger partial charge in [0.25, 0.3) is 0 Å². The number of thiophene rings is 1. The molecule has 1 heterocycles. The standard InChI is InChI=1S/C17H23NOS/c1-12-11-17(14(3)20-12)13(2)18-10-9-15-5-7-16(19-4)8-6-15/h5-8,11,13,18H,9-10H2,1-4H3.